The minimum atomic E-state index is -0.124. The Morgan fingerprint density at radius 3 is 2.95 bits per heavy atom. The lowest BCUT2D eigenvalue weighted by atomic mass is 10.1. The molecule has 2 heterocycles. The Balaban J connectivity index is 2.34. The summed E-state index contributed by atoms with van der Waals surface area (Å²) < 4.78 is 13.4. The predicted molar refractivity (Wildman–Crippen MR) is 76.4 cm³/mol. The summed E-state index contributed by atoms with van der Waals surface area (Å²) in [6.45, 7) is 1.26. The Bertz CT molecular complexity index is 541. The Morgan fingerprint density at radius 2 is 2.37 bits per heavy atom. The van der Waals surface area contributed by atoms with Gasteiger partial charge in [-0.3, -0.25) is 4.68 Å². The van der Waals surface area contributed by atoms with Crippen molar-refractivity contribution in [1.82, 2.24) is 15.1 Å². The third-order valence-electron chi connectivity index (χ3n) is 2.78. The van der Waals surface area contributed by atoms with E-state index in [2.05, 4.69) is 26.3 Å². The van der Waals surface area contributed by atoms with E-state index < -0.39 is 0 Å². The Labute approximate surface area is 125 Å². The smallest absolute Gasteiger partial charge is 0.193 e. The topological polar surface area (TPSA) is 52.2 Å². The fraction of sp³-hybridized carbons (Fsp3) is 0.417. The van der Waals surface area contributed by atoms with Gasteiger partial charge >= 0.3 is 0 Å². The number of nitrogens with zero attached hydrogens (tertiary/aromatic N) is 2. The van der Waals surface area contributed by atoms with Gasteiger partial charge in [-0.15, -0.1) is 0 Å². The number of methoxy groups -OCH3 is 1. The molecule has 2 aromatic heterocycles. The molecule has 0 aliphatic rings. The maximum absolute atomic E-state index is 5.84. The molecule has 2 rings (SSSR count). The zero-order valence-corrected chi connectivity index (χ0v) is 13.0. The molecule has 0 bridgehead atoms. The fourth-order valence-electron chi connectivity index (χ4n) is 1.91. The molecule has 1 unspecified atom stereocenters. The van der Waals surface area contributed by atoms with E-state index in [1.54, 1.807) is 19.4 Å². The highest BCUT2D eigenvalue weighted by atomic mass is 79.9. The number of halogens is 2. The highest BCUT2D eigenvalue weighted by Crippen LogP contribution is 2.30. The highest BCUT2D eigenvalue weighted by molar-refractivity contribution is 9.10. The summed E-state index contributed by atoms with van der Waals surface area (Å²) in [6, 6.07) is 3.45. The maximum atomic E-state index is 5.84. The summed E-state index contributed by atoms with van der Waals surface area (Å²) >= 11 is 9.35. The normalized spacial score (nSPS) is 12.8. The van der Waals surface area contributed by atoms with E-state index in [1.165, 1.54) is 0 Å². The van der Waals surface area contributed by atoms with Crippen molar-refractivity contribution in [2.24, 2.45) is 0 Å². The van der Waals surface area contributed by atoms with Crippen molar-refractivity contribution >= 4 is 27.5 Å². The van der Waals surface area contributed by atoms with Crippen molar-refractivity contribution in [2.75, 3.05) is 20.8 Å². The van der Waals surface area contributed by atoms with E-state index in [9.17, 15) is 0 Å². The zero-order valence-electron chi connectivity index (χ0n) is 10.7. The standard InChI is InChI=1S/C12H15BrClN3O2/c1-15-11(9-3-4-10(14)19-9)12-8(13)7-16-17(12)5-6-18-2/h3-4,7,11,15H,5-6H2,1-2H3. The van der Waals surface area contributed by atoms with Crippen molar-refractivity contribution in [1.29, 1.82) is 0 Å². The summed E-state index contributed by atoms with van der Waals surface area (Å²) in [7, 11) is 3.53. The largest absolute Gasteiger partial charge is 0.448 e. The molecule has 0 spiro atoms. The van der Waals surface area contributed by atoms with Gasteiger partial charge in [-0.1, -0.05) is 0 Å². The van der Waals surface area contributed by atoms with Crippen molar-refractivity contribution in [3.63, 3.8) is 0 Å². The average Bonchev–Trinajstić information content (AvgIpc) is 2.97. The lowest BCUT2D eigenvalue weighted by Gasteiger charge is -2.16. The first-order valence-electron chi connectivity index (χ1n) is 5.80. The van der Waals surface area contributed by atoms with Gasteiger partial charge in [0.1, 0.15) is 11.8 Å². The molecule has 5 nitrogen and oxygen atoms in total. The molecule has 0 fully saturated rings. The molecule has 0 radical (unpaired) electrons. The molecule has 7 heteroatoms. The van der Waals surface area contributed by atoms with Crippen LogP contribution >= 0.6 is 27.5 Å². The minimum Gasteiger partial charge on any atom is -0.448 e. The quantitative estimate of drug-likeness (QED) is 0.872. The van der Waals surface area contributed by atoms with Crippen LogP contribution in [-0.2, 0) is 11.3 Å². The Morgan fingerprint density at radius 1 is 1.58 bits per heavy atom. The van der Waals surface area contributed by atoms with Crippen molar-refractivity contribution in [2.45, 2.75) is 12.6 Å². The SMILES string of the molecule is CNC(c1ccc(Cl)o1)c1c(Br)cnn1CCOC. The number of aromatic nitrogens is 2. The molecule has 0 saturated carbocycles. The van der Waals surface area contributed by atoms with Gasteiger partial charge in [0.2, 0.25) is 0 Å². The van der Waals surface area contributed by atoms with Crippen LogP contribution in [0.1, 0.15) is 17.5 Å². The van der Waals surface area contributed by atoms with Gasteiger partial charge in [-0.2, -0.15) is 5.10 Å². The first kappa shape index (κ1) is 14.6. The van der Waals surface area contributed by atoms with Crippen LogP contribution in [-0.4, -0.2) is 30.5 Å². The second-order valence-electron chi connectivity index (χ2n) is 3.96. The van der Waals surface area contributed by atoms with Crippen LogP contribution in [0, 0.1) is 0 Å². The second kappa shape index (κ2) is 6.56. The van der Waals surface area contributed by atoms with Crippen LogP contribution in [0.4, 0.5) is 0 Å². The highest BCUT2D eigenvalue weighted by Gasteiger charge is 2.23. The number of nitrogens with one attached hydrogen (secondary N) is 1. The molecule has 1 N–H and O–H groups in total. The number of furan rings is 1. The molecule has 1 atom stereocenters. The summed E-state index contributed by atoms with van der Waals surface area (Å²) in [4.78, 5) is 0. The lowest BCUT2D eigenvalue weighted by Crippen LogP contribution is -2.22. The Hall–Kier alpha value is -0.820. The molecule has 19 heavy (non-hydrogen) atoms. The molecular formula is C12H15BrClN3O2. The summed E-state index contributed by atoms with van der Waals surface area (Å²) in [5.74, 6) is 0.743. The van der Waals surface area contributed by atoms with E-state index in [4.69, 9.17) is 20.8 Å². The number of rotatable bonds is 6. The van der Waals surface area contributed by atoms with Crippen LogP contribution < -0.4 is 5.32 Å². The summed E-state index contributed by atoms with van der Waals surface area (Å²) in [5, 5.41) is 7.91. The molecule has 0 aromatic carbocycles. The monoisotopic (exact) mass is 347 g/mol. The van der Waals surface area contributed by atoms with Crippen LogP contribution in [0.2, 0.25) is 5.22 Å². The van der Waals surface area contributed by atoms with Gasteiger partial charge in [-0.25, -0.2) is 0 Å². The van der Waals surface area contributed by atoms with Crippen molar-refractivity contribution in [3.05, 3.63) is 39.5 Å². The van der Waals surface area contributed by atoms with Gasteiger partial charge < -0.3 is 14.5 Å². The molecular weight excluding hydrogens is 334 g/mol. The van der Waals surface area contributed by atoms with Gasteiger partial charge in [0.15, 0.2) is 5.22 Å². The van der Waals surface area contributed by atoms with Crippen LogP contribution in [0.15, 0.2) is 27.2 Å². The molecule has 104 valence electrons. The van der Waals surface area contributed by atoms with E-state index in [0.29, 0.717) is 18.4 Å². The summed E-state index contributed by atoms with van der Waals surface area (Å²) in [5.41, 5.74) is 0.977. The first-order chi connectivity index (χ1) is 9.17. The average molecular weight is 349 g/mol. The van der Waals surface area contributed by atoms with E-state index >= 15 is 0 Å². The molecule has 0 aliphatic carbocycles. The van der Waals surface area contributed by atoms with Gasteiger partial charge in [0.25, 0.3) is 0 Å². The summed E-state index contributed by atoms with van der Waals surface area (Å²) in [6.07, 6.45) is 1.76. The van der Waals surface area contributed by atoms with E-state index in [1.807, 2.05) is 17.8 Å². The van der Waals surface area contributed by atoms with Crippen LogP contribution in [0.25, 0.3) is 0 Å². The third-order valence-corrected chi connectivity index (χ3v) is 3.60. The van der Waals surface area contributed by atoms with Crippen molar-refractivity contribution < 1.29 is 9.15 Å². The number of hydrogen-bond acceptors (Lipinski definition) is 4. The predicted octanol–water partition coefficient (Wildman–Crippen LogP) is 2.85. The first-order valence-corrected chi connectivity index (χ1v) is 6.97. The second-order valence-corrected chi connectivity index (χ2v) is 5.18. The van der Waals surface area contributed by atoms with Crippen LogP contribution in [0.3, 0.4) is 0 Å². The molecule has 0 amide bonds. The fourth-order valence-corrected chi connectivity index (χ4v) is 2.59. The Kier molecular flexibility index (Phi) is 5.04. The number of ether oxygens (including phenoxy) is 1. The van der Waals surface area contributed by atoms with E-state index in [-0.39, 0.29) is 6.04 Å². The van der Waals surface area contributed by atoms with Gasteiger partial charge in [0.05, 0.1) is 29.5 Å². The molecule has 0 aliphatic heterocycles. The number of hydrogen-bond donors (Lipinski definition) is 1. The third kappa shape index (κ3) is 3.20. The molecule has 2 aromatic rings. The van der Waals surface area contributed by atoms with Crippen LogP contribution in [0.5, 0.6) is 0 Å². The lowest BCUT2D eigenvalue weighted by molar-refractivity contribution is 0.181. The maximum Gasteiger partial charge on any atom is 0.193 e. The van der Waals surface area contributed by atoms with E-state index in [0.717, 1.165) is 15.9 Å². The van der Waals surface area contributed by atoms with Gasteiger partial charge in [0, 0.05) is 7.11 Å². The van der Waals surface area contributed by atoms with Gasteiger partial charge in [-0.05, 0) is 46.7 Å². The minimum absolute atomic E-state index is 0.124. The van der Waals surface area contributed by atoms with Crippen molar-refractivity contribution in [3.8, 4) is 0 Å². The molecule has 0 saturated heterocycles. The zero-order chi connectivity index (χ0) is 13.8.